The van der Waals surface area contributed by atoms with E-state index in [4.69, 9.17) is 11.6 Å². The fourth-order valence-electron chi connectivity index (χ4n) is 2.11. The van der Waals surface area contributed by atoms with Crippen LogP contribution in [0.2, 0.25) is 0 Å². The summed E-state index contributed by atoms with van der Waals surface area (Å²) in [6.07, 6.45) is 3.23. The van der Waals surface area contributed by atoms with Crippen molar-refractivity contribution in [1.29, 1.82) is 0 Å². The van der Waals surface area contributed by atoms with Crippen molar-refractivity contribution in [3.8, 4) is 0 Å². The molecule has 0 fully saturated rings. The van der Waals surface area contributed by atoms with Crippen LogP contribution in [-0.4, -0.2) is 10.9 Å². The van der Waals surface area contributed by atoms with Gasteiger partial charge in [-0.15, -0.1) is 22.9 Å². The molecular formula is C15H17BrClNS. The van der Waals surface area contributed by atoms with Crippen molar-refractivity contribution in [3.05, 3.63) is 50.4 Å². The van der Waals surface area contributed by atoms with Crippen molar-refractivity contribution in [2.24, 2.45) is 5.92 Å². The van der Waals surface area contributed by atoms with Gasteiger partial charge < -0.3 is 0 Å². The maximum Gasteiger partial charge on any atom is 0.0797 e. The summed E-state index contributed by atoms with van der Waals surface area (Å²) in [7, 11) is 0. The lowest BCUT2D eigenvalue weighted by Gasteiger charge is -2.14. The summed E-state index contributed by atoms with van der Waals surface area (Å²) < 4.78 is 1.18. The maximum atomic E-state index is 6.12. The first-order chi connectivity index (χ1) is 9.20. The van der Waals surface area contributed by atoms with Crippen molar-refractivity contribution >= 4 is 38.9 Å². The first kappa shape index (κ1) is 15.0. The van der Waals surface area contributed by atoms with E-state index in [0.717, 1.165) is 19.3 Å². The summed E-state index contributed by atoms with van der Waals surface area (Å²) in [6.45, 7) is 2.08. The zero-order valence-electron chi connectivity index (χ0n) is 10.9. The van der Waals surface area contributed by atoms with Gasteiger partial charge in [-0.05, 0) is 43.7 Å². The highest BCUT2D eigenvalue weighted by Gasteiger charge is 2.12. The number of aromatic nitrogens is 1. The molecule has 19 heavy (non-hydrogen) atoms. The van der Waals surface area contributed by atoms with Gasteiger partial charge in [0.05, 0.1) is 11.2 Å². The molecule has 0 amide bonds. The van der Waals surface area contributed by atoms with E-state index in [9.17, 15) is 0 Å². The van der Waals surface area contributed by atoms with E-state index in [1.807, 2.05) is 11.6 Å². The van der Waals surface area contributed by atoms with Gasteiger partial charge in [0.1, 0.15) is 0 Å². The Bertz CT molecular complexity index is 526. The highest BCUT2D eigenvalue weighted by molar-refractivity contribution is 9.10. The first-order valence-corrected chi connectivity index (χ1v) is 8.59. The Morgan fingerprint density at radius 1 is 1.37 bits per heavy atom. The van der Waals surface area contributed by atoms with Crippen LogP contribution >= 0.6 is 38.9 Å². The molecule has 0 N–H and O–H groups in total. The van der Waals surface area contributed by atoms with Crippen molar-refractivity contribution in [2.75, 3.05) is 5.88 Å². The molecule has 1 atom stereocenters. The SMILES string of the molecule is Cc1ncsc1CCC(CCl)Cc1ccccc1Br. The molecule has 0 saturated carbocycles. The highest BCUT2D eigenvalue weighted by Crippen LogP contribution is 2.24. The molecule has 0 spiro atoms. The van der Waals surface area contributed by atoms with E-state index in [-0.39, 0.29) is 0 Å². The van der Waals surface area contributed by atoms with Crippen LogP contribution in [0.5, 0.6) is 0 Å². The third-order valence-electron chi connectivity index (χ3n) is 3.31. The molecular weight excluding hydrogens is 342 g/mol. The lowest BCUT2D eigenvalue weighted by molar-refractivity contribution is 0.537. The van der Waals surface area contributed by atoms with E-state index in [1.165, 1.54) is 20.6 Å². The maximum absolute atomic E-state index is 6.12. The molecule has 1 aromatic heterocycles. The lowest BCUT2D eigenvalue weighted by Crippen LogP contribution is -2.08. The fourth-order valence-corrected chi connectivity index (χ4v) is 3.62. The Balaban J connectivity index is 1.94. The summed E-state index contributed by atoms with van der Waals surface area (Å²) in [4.78, 5) is 5.69. The van der Waals surface area contributed by atoms with Gasteiger partial charge in [-0.2, -0.15) is 0 Å². The lowest BCUT2D eigenvalue weighted by atomic mass is 9.96. The number of halogens is 2. The molecule has 0 aliphatic rings. The smallest absolute Gasteiger partial charge is 0.0797 e. The molecule has 0 aliphatic heterocycles. The minimum Gasteiger partial charge on any atom is -0.250 e. The van der Waals surface area contributed by atoms with E-state index in [2.05, 4.69) is 46.0 Å². The fraction of sp³-hybridized carbons (Fsp3) is 0.400. The van der Waals surface area contributed by atoms with Gasteiger partial charge in [-0.1, -0.05) is 34.1 Å². The average molecular weight is 359 g/mol. The van der Waals surface area contributed by atoms with Gasteiger partial charge in [0, 0.05) is 15.2 Å². The van der Waals surface area contributed by atoms with Crippen LogP contribution in [0.4, 0.5) is 0 Å². The highest BCUT2D eigenvalue weighted by atomic mass is 79.9. The normalized spacial score (nSPS) is 12.6. The van der Waals surface area contributed by atoms with E-state index in [0.29, 0.717) is 11.8 Å². The molecule has 0 aliphatic carbocycles. The number of rotatable bonds is 6. The van der Waals surface area contributed by atoms with Gasteiger partial charge in [-0.25, -0.2) is 4.98 Å². The van der Waals surface area contributed by atoms with Crippen molar-refractivity contribution in [3.63, 3.8) is 0 Å². The molecule has 1 nitrogen and oxygen atoms in total. The van der Waals surface area contributed by atoms with Crippen molar-refractivity contribution in [1.82, 2.24) is 4.98 Å². The standard InChI is InChI=1S/C15H17BrClNS/c1-11-15(19-10-18-11)7-6-12(9-17)8-13-4-2-3-5-14(13)16/h2-5,10,12H,6-9H2,1H3. The second-order valence-corrected chi connectivity index (χ2v) is 6.82. The predicted molar refractivity (Wildman–Crippen MR) is 87.2 cm³/mol. The minimum atomic E-state index is 0.516. The van der Waals surface area contributed by atoms with Gasteiger partial charge in [0.2, 0.25) is 0 Å². The van der Waals surface area contributed by atoms with Crippen LogP contribution in [0.15, 0.2) is 34.2 Å². The Hall–Kier alpha value is -0.380. The third-order valence-corrected chi connectivity index (χ3v) is 5.51. The molecule has 0 bridgehead atoms. The van der Waals surface area contributed by atoms with E-state index < -0.39 is 0 Å². The number of nitrogens with zero attached hydrogens (tertiary/aromatic N) is 1. The van der Waals surface area contributed by atoms with E-state index in [1.54, 1.807) is 11.3 Å². The minimum absolute atomic E-state index is 0.516. The molecule has 102 valence electrons. The first-order valence-electron chi connectivity index (χ1n) is 6.39. The van der Waals surface area contributed by atoms with Gasteiger partial charge in [0.25, 0.3) is 0 Å². The number of hydrogen-bond donors (Lipinski definition) is 0. The van der Waals surface area contributed by atoms with Gasteiger partial charge >= 0.3 is 0 Å². The topological polar surface area (TPSA) is 12.9 Å². The number of alkyl halides is 1. The predicted octanol–water partition coefficient (Wildman–Crippen LogP) is 5.24. The van der Waals surface area contributed by atoms with Crippen LogP contribution in [0, 0.1) is 12.8 Å². The number of hydrogen-bond acceptors (Lipinski definition) is 2. The molecule has 2 aromatic rings. The monoisotopic (exact) mass is 357 g/mol. The summed E-state index contributed by atoms with van der Waals surface area (Å²) in [5.41, 5.74) is 4.43. The average Bonchev–Trinajstić information content (AvgIpc) is 2.82. The van der Waals surface area contributed by atoms with Crippen LogP contribution in [0.25, 0.3) is 0 Å². The number of aryl methyl sites for hydroxylation is 2. The summed E-state index contributed by atoms with van der Waals surface area (Å²) in [5.74, 6) is 1.22. The zero-order chi connectivity index (χ0) is 13.7. The molecule has 0 radical (unpaired) electrons. The molecule has 0 saturated heterocycles. The summed E-state index contributed by atoms with van der Waals surface area (Å²) in [6, 6.07) is 8.39. The van der Waals surface area contributed by atoms with Crippen LogP contribution in [-0.2, 0) is 12.8 Å². The molecule has 2 rings (SSSR count). The van der Waals surface area contributed by atoms with E-state index >= 15 is 0 Å². The van der Waals surface area contributed by atoms with Crippen molar-refractivity contribution < 1.29 is 0 Å². The summed E-state index contributed by atoms with van der Waals surface area (Å²) in [5, 5.41) is 0. The van der Waals surface area contributed by atoms with Crippen LogP contribution in [0.3, 0.4) is 0 Å². The Morgan fingerprint density at radius 3 is 2.79 bits per heavy atom. The molecule has 4 heteroatoms. The Kier molecular flexibility index (Phi) is 5.86. The van der Waals surface area contributed by atoms with Gasteiger partial charge in [0.15, 0.2) is 0 Å². The number of benzene rings is 1. The third kappa shape index (κ3) is 4.30. The van der Waals surface area contributed by atoms with Crippen LogP contribution < -0.4 is 0 Å². The molecule has 1 aromatic carbocycles. The Morgan fingerprint density at radius 2 is 2.16 bits per heavy atom. The van der Waals surface area contributed by atoms with Gasteiger partial charge in [-0.3, -0.25) is 0 Å². The number of thiazole rings is 1. The Labute approximate surface area is 132 Å². The molecule has 1 unspecified atom stereocenters. The quantitative estimate of drug-likeness (QED) is 0.643. The zero-order valence-corrected chi connectivity index (χ0v) is 14.1. The van der Waals surface area contributed by atoms with Crippen molar-refractivity contribution in [2.45, 2.75) is 26.2 Å². The molecule has 1 heterocycles. The largest absolute Gasteiger partial charge is 0.250 e. The van der Waals surface area contributed by atoms with Crippen LogP contribution in [0.1, 0.15) is 22.6 Å². The summed E-state index contributed by atoms with van der Waals surface area (Å²) >= 11 is 11.5. The second kappa shape index (κ2) is 7.41. The second-order valence-electron chi connectivity index (χ2n) is 4.72.